The number of ether oxygens (including phenoxy) is 2. The standard InChI is InChI=1S/C22H25N3O4S/c1-4-14(20(23)26)25-18(11-12-8-9-15(28-2)16(10-12)29-3)24-21-19(22(25)27)13-6-5-7-17(13)30-21/h8-10,14H,4-7,11H2,1-3H3,(H2,23,26). The summed E-state index contributed by atoms with van der Waals surface area (Å²) in [5.74, 6) is 1.23. The first-order valence-electron chi connectivity index (χ1n) is 10.0. The molecule has 0 aliphatic heterocycles. The average molecular weight is 428 g/mol. The summed E-state index contributed by atoms with van der Waals surface area (Å²) in [5, 5.41) is 0.656. The average Bonchev–Trinajstić information content (AvgIpc) is 3.31. The van der Waals surface area contributed by atoms with Gasteiger partial charge in [-0.15, -0.1) is 11.3 Å². The van der Waals surface area contributed by atoms with Crippen molar-refractivity contribution in [1.82, 2.24) is 9.55 Å². The van der Waals surface area contributed by atoms with E-state index >= 15 is 0 Å². The van der Waals surface area contributed by atoms with Crippen LogP contribution in [-0.4, -0.2) is 29.7 Å². The van der Waals surface area contributed by atoms with E-state index in [1.54, 1.807) is 25.6 Å². The molecule has 1 aromatic carbocycles. The van der Waals surface area contributed by atoms with Gasteiger partial charge in [0.1, 0.15) is 16.7 Å². The molecular formula is C22H25N3O4S. The van der Waals surface area contributed by atoms with Crippen LogP contribution in [0.4, 0.5) is 0 Å². The Hall–Kier alpha value is -2.87. The van der Waals surface area contributed by atoms with Crippen LogP contribution in [0.25, 0.3) is 10.2 Å². The van der Waals surface area contributed by atoms with Gasteiger partial charge in [-0.3, -0.25) is 14.2 Å². The quantitative estimate of drug-likeness (QED) is 0.625. The van der Waals surface area contributed by atoms with Crippen LogP contribution in [0.3, 0.4) is 0 Å². The first-order chi connectivity index (χ1) is 14.5. The Morgan fingerprint density at radius 1 is 1.27 bits per heavy atom. The lowest BCUT2D eigenvalue weighted by atomic mass is 10.1. The molecule has 2 N–H and O–H groups in total. The third-order valence-electron chi connectivity index (χ3n) is 5.68. The third kappa shape index (κ3) is 3.35. The maximum absolute atomic E-state index is 13.6. The number of aryl methyl sites for hydroxylation is 2. The Morgan fingerprint density at radius 3 is 2.70 bits per heavy atom. The lowest BCUT2D eigenvalue weighted by Gasteiger charge is -2.19. The second kappa shape index (κ2) is 8.10. The number of rotatable bonds is 7. The highest BCUT2D eigenvalue weighted by molar-refractivity contribution is 7.18. The molecule has 158 valence electrons. The van der Waals surface area contributed by atoms with E-state index in [-0.39, 0.29) is 5.56 Å². The minimum absolute atomic E-state index is 0.166. The molecule has 30 heavy (non-hydrogen) atoms. The first kappa shape index (κ1) is 20.4. The van der Waals surface area contributed by atoms with Crippen LogP contribution in [0, 0.1) is 0 Å². The van der Waals surface area contributed by atoms with Crippen LogP contribution in [-0.2, 0) is 24.1 Å². The maximum Gasteiger partial charge on any atom is 0.263 e. The van der Waals surface area contributed by atoms with Crippen LogP contribution in [0.1, 0.15) is 47.6 Å². The summed E-state index contributed by atoms with van der Waals surface area (Å²) in [6.07, 6.45) is 3.71. The molecule has 0 fully saturated rings. The van der Waals surface area contributed by atoms with Crippen molar-refractivity contribution in [3.05, 3.63) is 50.4 Å². The van der Waals surface area contributed by atoms with Crippen molar-refractivity contribution in [2.75, 3.05) is 14.2 Å². The number of amides is 1. The Balaban J connectivity index is 1.90. The van der Waals surface area contributed by atoms with E-state index in [0.717, 1.165) is 35.2 Å². The lowest BCUT2D eigenvalue weighted by molar-refractivity contribution is -0.121. The summed E-state index contributed by atoms with van der Waals surface area (Å²) in [4.78, 5) is 32.6. The van der Waals surface area contributed by atoms with Gasteiger partial charge >= 0.3 is 0 Å². The van der Waals surface area contributed by atoms with Crippen LogP contribution in [0.15, 0.2) is 23.0 Å². The third-order valence-corrected chi connectivity index (χ3v) is 6.87. The number of aromatic nitrogens is 2. The molecule has 0 saturated heterocycles. The molecule has 7 nitrogen and oxygen atoms in total. The van der Waals surface area contributed by atoms with Gasteiger partial charge in [0.05, 0.1) is 19.6 Å². The summed E-state index contributed by atoms with van der Waals surface area (Å²) in [7, 11) is 3.16. The molecule has 0 radical (unpaired) electrons. The maximum atomic E-state index is 13.6. The van der Waals surface area contributed by atoms with Gasteiger partial charge in [-0.05, 0) is 48.9 Å². The molecule has 1 amide bonds. The van der Waals surface area contributed by atoms with E-state index in [4.69, 9.17) is 20.2 Å². The minimum Gasteiger partial charge on any atom is -0.493 e. The van der Waals surface area contributed by atoms with Gasteiger partial charge in [-0.25, -0.2) is 4.98 Å². The van der Waals surface area contributed by atoms with Crippen molar-refractivity contribution in [3.8, 4) is 11.5 Å². The van der Waals surface area contributed by atoms with E-state index in [1.165, 1.54) is 9.44 Å². The molecule has 1 unspecified atom stereocenters. The zero-order chi connectivity index (χ0) is 21.4. The number of methoxy groups -OCH3 is 2. The molecule has 3 aromatic rings. The second-order valence-electron chi connectivity index (χ2n) is 7.43. The number of thiophene rings is 1. The van der Waals surface area contributed by atoms with Gasteiger partial charge in [0, 0.05) is 11.3 Å². The van der Waals surface area contributed by atoms with Crippen molar-refractivity contribution in [2.45, 2.75) is 45.1 Å². The number of hydrogen-bond donors (Lipinski definition) is 1. The predicted molar refractivity (Wildman–Crippen MR) is 117 cm³/mol. The predicted octanol–water partition coefficient (Wildman–Crippen LogP) is 2.99. The molecular weight excluding hydrogens is 402 g/mol. The lowest BCUT2D eigenvalue weighted by Crippen LogP contribution is -2.36. The van der Waals surface area contributed by atoms with E-state index < -0.39 is 11.9 Å². The van der Waals surface area contributed by atoms with Crippen molar-refractivity contribution in [1.29, 1.82) is 0 Å². The molecule has 1 aliphatic carbocycles. The number of carbonyl (C=O) groups excluding carboxylic acids is 1. The molecule has 4 rings (SSSR count). The topological polar surface area (TPSA) is 96.4 Å². The van der Waals surface area contributed by atoms with Crippen LogP contribution < -0.4 is 20.8 Å². The molecule has 0 spiro atoms. The Labute approximate surface area is 178 Å². The zero-order valence-electron chi connectivity index (χ0n) is 17.4. The Morgan fingerprint density at radius 2 is 2.03 bits per heavy atom. The normalized spacial score (nSPS) is 14.0. The molecule has 0 saturated carbocycles. The second-order valence-corrected chi connectivity index (χ2v) is 8.52. The molecule has 1 atom stereocenters. The summed E-state index contributed by atoms with van der Waals surface area (Å²) < 4.78 is 12.2. The SMILES string of the molecule is CCC(C(N)=O)n1c(Cc2ccc(OC)c(OC)c2)nc2sc3c(c2c1=O)CCC3. The van der Waals surface area contributed by atoms with E-state index in [1.807, 2.05) is 25.1 Å². The molecule has 1 aliphatic rings. The summed E-state index contributed by atoms with van der Waals surface area (Å²) in [5.41, 5.74) is 7.49. The van der Waals surface area contributed by atoms with E-state index in [9.17, 15) is 9.59 Å². The number of carbonyl (C=O) groups is 1. The summed E-state index contributed by atoms with van der Waals surface area (Å²) in [6.45, 7) is 1.85. The van der Waals surface area contributed by atoms with Crippen molar-refractivity contribution in [3.63, 3.8) is 0 Å². The first-order valence-corrected chi connectivity index (χ1v) is 10.9. The molecule has 8 heteroatoms. The smallest absolute Gasteiger partial charge is 0.263 e. The van der Waals surface area contributed by atoms with Crippen molar-refractivity contribution >= 4 is 27.5 Å². The molecule has 2 aromatic heterocycles. The molecule has 0 bridgehead atoms. The largest absolute Gasteiger partial charge is 0.493 e. The molecule has 2 heterocycles. The highest BCUT2D eigenvalue weighted by Crippen LogP contribution is 2.35. The van der Waals surface area contributed by atoms with E-state index in [0.29, 0.717) is 35.6 Å². The van der Waals surface area contributed by atoms with Crippen LogP contribution in [0.5, 0.6) is 11.5 Å². The number of nitrogens with two attached hydrogens (primary N) is 1. The van der Waals surface area contributed by atoms with Gasteiger partial charge in [-0.2, -0.15) is 0 Å². The van der Waals surface area contributed by atoms with Gasteiger partial charge in [0.2, 0.25) is 5.91 Å². The van der Waals surface area contributed by atoms with Crippen LogP contribution in [0.2, 0.25) is 0 Å². The fraction of sp³-hybridized carbons (Fsp3) is 0.409. The van der Waals surface area contributed by atoms with Crippen molar-refractivity contribution in [2.24, 2.45) is 5.73 Å². The zero-order valence-corrected chi connectivity index (χ0v) is 18.2. The monoisotopic (exact) mass is 427 g/mol. The van der Waals surface area contributed by atoms with Crippen molar-refractivity contribution < 1.29 is 14.3 Å². The fourth-order valence-electron chi connectivity index (χ4n) is 4.23. The van der Waals surface area contributed by atoms with E-state index in [2.05, 4.69) is 0 Å². The number of nitrogens with zero attached hydrogens (tertiary/aromatic N) is 2. The summed E-state index contributed by atoms with van der Waals surface area (Å²) in [6, 6.07) is 4.85. The number of fused-ring (bicyclic) bond motifs is 3. The van der Waals surface area contributed by atoms with Gasteiger partial charge in [-0.1, -0.05) is 13.0 Å². The number of primary amides is 1. The number of hydrogen-bond acceptors (Lipinski definition) is 6. The van der Waals surface area contributed by atoms with Gasteiger partial charge < -0.3 is 15.2 Å². The Bertz CT molecular complexity index is 1180. The number of benzene rings is 1. The Kier molecular flexibility index (Phi) is 5.51. The highest BCUT2D eigenvalue weighted by Gasteiger charge is 2.27. The summed E-state index contributed by atoms with van der Waals surface area (Å²) >= 11 is 1.59. The fourth-order valence-corrected chi connectivity index (χ4v) is 5.50. The van der Waals surface area contributed by atoms with Gasteiger partial charge in [0.25, 0.3) is 5.56 Å². The van der Waals surface area contributed by atoms with Gasteiger partial charge in [0.15, 0.2) is 11.5 Å². The van der Waals surface area contributed by atoms with Crippen LogP contribution >= 0.6 is 11.3 Å². The highest BCUT2D eigenvalue weighted by atomic mass is 32.1. The minimum atomic E-state index is -0.735.